The molecule has 3 nitrogen and oxygen atoms in total. The highest BCUT2D eigenvalue weighted by Crippen LogP contribution is 2.20. The number of nitrogens with zero attached hydrogens (tertiary/aromatic N) is 2. The van der Waals surface area contributed by atoms with Crippen molar-refractivity contribution in [2.75, 3.05) is 0 Å². The van der Waals surface area contributed by atoms with E-state index in [-0.39, 0.29) is 11.8 Å². The van der Waals surface area contributed by atoms with E-state index in [1.807, 2.05) is 67.6 Å². The van der Waals surface area contributed by atoms with Crippen molar-refractivity contribution in [3.05, 3.63) is 102 Å². The maximum absolute atomic E-state index is 10.1. The van der Waals surface area contributed by atoms with Crippen LogP contribution in [0.5, 0.6) is 5.75 Å². The van der Waals surface area contributed by atoms with Gasteiger partial charge in [0.1, 0.15) is 5.75 Å². The average molecular weight is 342 g/mol. The minimum atomic E-state index is -0.0210. The molecule has 1 N–H and O–H groups in total. The van der Waals surface area contributed by atoms with E-state index in [1.165, 1.54) is 0 Å². The molecular weight excluding hydrogens is 320 g/mol. The Morgan fingerprint density at radius 2 is 1.38 bits per heavy atom. The largest absolute Gasteiger partial charge is 0.507 e. The van der Waals surface area contributed by atoms with Crippen molar-refractivity contribution in [1.29, 1.82) is 0 Å². The standard InChI is InChI=1S/C23H22N2O/c1-17(19-11-5-3-6-12-19)24-23(20-13-7-4-8-14-20)25-18(2)21-15-9-10-16-22(21)26/h3-17,26H,1-2H3. The molecule has 0 aliphatic carbocycles. The van der Waals surface area contributed by atoms with E-state index >= 15 is 0 Å². The molecule has 0 saturated heterocycles. The van der Waals surface area contributed by atoms with Gasteiger partial charge in [0.25, 0.3) is 0 Å². The van der Waals surface area contributed by atoms with Crippen LogP contribution in [0.1, 0.15) is 36.6 Å². The minimum Gasteiger partial charge on any atom is -0.507 e. The molecular formula is C23H22N2O. The van der Waals surface area contributed by atoms with Gasteiger partial charge in [0.2, 0.25) is 0 Å². The maximum atomic E-state index is 10.1. The van der Waals surface area contributed by atoms with Gasteiger partial charge in [-0.05, 0) is 31.5 Å². The summed E-state index contributed by atoms with van der Waals surface area (Å²) in [5, 5.41) is 10.1. The summed E-state index contributed by atoms with van der Waals surface area (Å²) in [6.07, 6.45) is 0. The first kappa shape index (κ1) is 17.6. The van der Waals surface area contributed by atoms with Gasteiger partial charge in [0.15, 0.2) is 5.84 Å². The maximum Gasteiger partial charge on any atom is 0.155 e. The third-order valence-corrected chi connectivity index (χ3v) is 4.20. The van der Waals surface area contributed by atoms with Gasteiger partial charge in [-0.15, -0.1) is 0 Å². The quantitative estimate of drug-likeness (QED) is 0.500. The topological polar surface area (TPSA) is 45.0 Å². The van der Waals surface area contributed by atoms with Crippen LogP contribution in [0.2, 0.25) is 0 Å². The van der Waals surface area contributed by atoms with Crippen molar-refractivity contribution in [2.45, 2.75) is 19.9 Å². The van der Waals surface area contributed by atoms with Gasteiger partial charge >= 0.3 is 0 Å². The van der Waals surface area contributed by atoms with Crippen LogP contribution in [-0.4, -0.2) is 16.7 Å². The third-order valence-electron chi connectivity index (χ3n) is 4.20. The van der Waals surface area contributed by atoms with Gasteiger partial charge in [0.05, 0.1) is 11.8 Å². The number of rotatable bonds is 4. The Bertz CT molecular complexity index is 915. The predicted octanol–water partition coefficient (Wildman–Crippen LogP) is 5.41. The zero-order valence-corrected chi connectivity index (χ0v) is 15.0. The summed E-state index contributed by atoms with van der Waals surface area (Å²) in [5.74, 6) is 0.875. The molecule has 130 valence electrons. The number of phenolic OH excluding ortho intramolecular Hbond substituents is 1. The molecule has 0 fully saturated rings. The van der Waals surface area contributed by atoms with Crippen molar-refractivity contribution >= 4 is 11.5 Å². The normalized spacial score (nSPS) is 13.5. The molecule has 0 aliphatic rings. The Morgan fingerprint density at radius 3 is 2.04 bits per heavy atom. The monoisotopic (exact) mass is 342 g/mol. The number of aliphatic imine (C=N–C) groups is 2. The van der Waals surface area contributed by atoms with Crippen molar-refractivity contribution in [2.24, 2.45) is 9.98 Å². The Hall–Kier alpha value is -3.20. The van der Waals surface area contributed by atoms with Gasteiger partial charge in [-0.1, -0.05) is 72.8 Å². The van der Waals surface area contributed by atoms with Crippen LogP contribution in [0.4, 0.5) is 0 Å². The first-order valence-electron chi connectivity index (χ1n) is 8.67. The molecule has 1 unspecified atom stereocenters. The lowest BCUT2D eigenvalue weighted by molar-refractivity contribution is 0.474. The fourth-order valence-corrected chi connectivity index (χ4v) is 2.74. The summed E-state index contributed by atoms with van der Waals surface area (Å²) in [5.41, 5.74) is 3.52. The second kappa shape index (κ2) is 8.26. The van der Waals surface area contributed by atoms with Crippen LogP contribution in [-0.2, 0) is 0 Å². The van der Waals surface area contributed by atoms with Gasteiger partial charge in [-0.3, -0.25) is 4.99 Å². The highest BCUT2D eigenvalue weighted by atomic mass is 16.3. The molecule has 3 aromatic carbocycles. The van der Waals surface area contributed by atoms with Crippen molar-refractivity contribution < 1.29 is 5.11 Å². The number of amidine groups is 1. The second-order valence-electron chi connectivity index (χ2n) is 6.12. The van der Waals surface area contributed by atoms with Gasteiger partial charge < -0.3 is 5.11 Å². The Balaban J connectivity index is 2.03. The van der Waals surface area contributed by atoms with Crippen LogP contribution in [0.3, 0.4) is 0 Å². The summed E-state index contributed by atoms with van der Waals surface area (Å²) >= 11 is 0. The van der Waals surface area contributed by atoms with Crippen molar-refractivity contribution in [3.8, 4) is 5.75 Å². The van der Waals surface area contributed by atoms with E-state index in [0.29, 0.717) is 11.4 Å². The summed E-state index contributed by atoms with van der Waals surface area (Å²) in [6.45, 7) is 3.95. The SMILES string of the molecule is CC(=NC(=NC(C)c1ccccc1)c1ccccc1)c1ccccc1O. The summed E-state index contributed by atoms with van der Waals surface area (Å²) in [4.78, 5) is 9.61. The number of para-hydroxylation sites is 1. The van der Waals surface area contributed by atoms with Crippen LogP contribution in [0.15, 0.2) is 94.9 Å². The van der Waals surface area contributed by atoms with E-state index < -0.39 is 0 Å². The van der Waals surface area contributed by atoms with E-state index in [4.69, 9.17) is 9.98 Å². The van der Waals surface area contributed by atoms with E-state index in [1.54, 1.807) is 12.1 Å². The number of benzene rings is 3. The minimum absolute atomic E-state index is 0.0210. The van der Waals surface area contributed by atoms with E-state index in [2.05, 4.69) is 19.1 Å². The van der Waals surface area contributed by atoms with Crippen LogP contribution in [0.25, 0.3) is 0 Å². The summed E-state index contributed by atoms with van der Waals surface area (Å²) in [6, 6.07) is 27.3. The lowest BCUT2D eigenvalue weighted by Crippen LogP contribution is -2.06. The molecule has 26 heavy (non-hydrogen) atoms. The van der Waals surface area contributed by atoms with E-state index in [9.17, 15) is 5.11 Å². The molecule has 3 heteroatoms. The fraction of sp³-hybridized carbons (Fsp3) is 0.130. The Labute approximate surface area is 154 Å². The zero-order chi connectivity index (χ0) is 18.4. The molecule has 0 saturated carbocycles. The Morgan fingerprint density at radius 1 is 0.808 bits per heavy atom. The third kappa shape index (κ3) is 4.25. The average Bonchev–Trinajstić information content (AvgIpc) is 2.69. The predicted molar refractivity (Wildman–Crippen MR) is 108 cm³/mol. The zero-order valence-electron chi connectivity index (χ0n) is 15.0. The highest BCUT2D eigenvalue weighted by Gasteiger charge is 2.10. The van der Waals surface area contributed by atoms with Crippen LogP contribution in [0, 0.1) is 0 Å². The molecule has 0 radical (unpaired) electrons. The molecule has 3 rings (SSSR count). The van der Waals surface area contributed by atoms with Gasteiger partial charge in [-0.2, -0.15) is 0 Å². The second-order valence-corrected chi connectivity index (χ2v) is 6.12. The number of hydrogen-bond donors (Lipinski definition) is 1. The lowest BCUT2D eigenvalue weighted by atomic mass is 10.1. The number of aromatic hydroxyl groups is 1. The first-order valence-corrected chi connectivity index (χ1v) is 8.67. The van der Waals surface area contributed by atoms with Gasteiger partial charge in [-0.25, -0.2) is 4.99 Å². The fourth-order valence-electron chi connectivity index (χ4n) is 2.74. The lowest BCUT2D eigenvalue weighted by Gasteiger charge is -2.11. The molecule has 0 spiro atoms. The highest BCUT2D eigenvalue weighted by molar-refractivity contribution is 6.12. The summed E-state index contributed by atoms with van der Waals surface area (Å²) in [7, 11) is 0. The smallest absolute Gasteiger partial charge is 0.155 e. The molecule has 0 aromatic heterocycles. The van der Waals surface area contributed by atoms with Crippen LogP contribution < -0.4 is 0 Å². The van der Waals surface area contributed by atoms with Gasteiger partial charge in [0, 0.05) is 11.1 Å². The van der Waals surface area contributed by atoms with E-state index in [0.717, 1.165) is 16.8 Å². The van der Waals surface area contributed by atoms with Crippen LogP contribution >= 0.6 is 0 Å². The summed E-state index contributed by atoms with van der Waals surface area (Å²) < 4.78 is 0. The van der Waals surface area contributed by atoms with Crippen molar-refractivity contribution in [3.63, 3.8) is 0 Å². The molecule has 1 atom stereocenters. The molecule has 0 bridgehead atoms. The number of hydrogen-bond acceptors (Lipinski definition) is 2. The Kier molecular flexibility index (Phi) is 5.59. The molecule has 3 aromatic rings. The molecule has 0 heterocycles. The van der Waals surface area contributed by atoms with Crippen molar-refractivity contribution in [1.82, 2.24) is 0 Å². The first-order chi connectivity index (χ1) is 12.6. The molecule has 0 aliphatic heterocycles. The number of phenols is 1. The molecule has 0 amide bonds.